The third kappa shape index (κ3) is 3.81. The van der Waals surface area contributed by atoms with E-state index in [1.165, 1.54) is 0 Å². The third-order valence-electron chi connectivity index (χ3n) is 4.24. The molecule has 4 heterocycles. The van der Waals surface area contributed by atoms with Crippen molar-refractivity contribution in [3.63, 3.8) is 0 Å². The van der Waals surface area contributed by atoms with E-state index in [0.717, 1.165) is 60.6 Å². The first-order valence-corrected chi connectivity index (χ1v) is 10.7. The van der Waals surface area contributed by atoms with E-state index >= 15 is 0 Å². The number of rotatable bonds is 8. The molecular formula is C16H21N7OS2. The average molecular weight is 392 g/mol. The summed E-state index contributed by atoms with van der Waals surface area (Å²) >= 11 is 3.30. The number of aromatic nitrogens is 7. The van der Waals surface area contributed by atoms with E-state index in [0.29, 0.717) is 5.75 Å². The highest BCUT2D eigenvalue weighted by Gasteiger charge is 2.22. The van der Waals surface area contributed by atoms with Gasteiger partial charge in [-0.1, -0.05) is 24.8 Å². The van der Waals surface area contributed by atoms with Crippen LogP contribution in [0, 0.1) is 0 Å². The molecule has 1 fully saturated rings. The quantitative estimate of drug-likeness (QED) is 0.546. The highest BCUT2D eigenvalue weighted by Crippen LogP contribution is 2.30. The van der Waals surface area contributed by atoms with Gasteiger partial charge in [-0.05, 0) is 41.1 Å². The minimum absolute atomic E-state index is 0.231. The Hall–Kier alpha value is -1.78. The molecule has 3 aromatic rings. The van der Waals surface area contributed by atoms with Crippen LogP contribution in [0.2, 0.25) is 0 Å². The van der Waals surface area contributed by atoms with Gasteiger partial charge in [0.2, 0.25) is 0 Å². The van der Waals surface area contributed by atoms with Gasteiger partial charge in [0, 0.05) is 13.2 Å². The van der Waals surface area contributed by atoms with E-state index in [2.05, 4.69) is 48.7 Å². The van der Waals surface area contributed by atoms with Crippen LogP contribution in [0.3, 0.4) is 0 Å². The Morgan fingerprint density at radius 2 is 2.31 bits per heavy atom. The molecule has 0 N–H and O–H groups in total. The second-order valence-corrected chi connectivity index (χ2v) is 8.03. The van der Waals surface area contributed by atoms with E-state index in [-0.39, 0.29) is 6.10 Å². The van der Waals surface area contributed by atoms with Gasteiger partial charge >= 0.3 is 0 Å². The summed E-state index contributed by atoms with van der Waals surface area (Å²) in [6.45, 7) is 4.56. The molecule has 26 heavy (non-hydrogen) atoms. The number of nitrogens with zero attached hydrogens (tertiary/aromatic N) is 7. The van der Waals surface area contributed by atoms with Crippen LogP contribution < -0.4 is 0 Å². The van der Waals surface area contributed by atoms with Gasteiger partial charge in [0.1, 0.15) is 0 Å². The van der Waals surface area contributed by atoms with Crippen molar-refractivity contribution in [2.75, 3.05) is 6.61 Å². The highest BCUT2D eigenvalue weighted by atomic mass is 32.2. The molecule has 1 aliphatic heterocycles. The molecule has 10 heteroatoms. The van der Waals surface area contributed by atoms with Gasteiger partial charge in [0.25, 0.3) is 0 Å². The molecule has 1 saturated heterocycles. The normalized spacial score (nSPS) is 17.2. The Morgan fingerprint density at radius 3 is 3.08 bits per heavy atom. The van der Waals surface area contributed by atoms with Gasteiger partial charge < -0.3 is 4.74 Å². The first-order valence-electron chi connectivity index (χ1n) is 8.81. The predicted octanol–water partition coefficient (Wildman–Crippen LogP) is 2.87. The minimum atomic E-state index is 0.231. The molecule has 3 aromatic heterocycles. The van der Waals surface area contributed by atoms with Gasteiger partial charge in [-0.3, -0.25) is 4.57 Å². The van der Waals surface area contributed by atoms with Crippen LogP contribution in [0.15, 0.2) is 22.7 Å². The van der Waals surface area contributed by atoms with Gasteiger partial charge in [0.05, 0.1) is 23.3 Å². The topological polar surface area (TPSA) is 83.5 Å². The Labute approximate surface area is 160 Å². The first-order chi connectivity index (χ1) is 12.8. The van der Waals surface area contributed by atoms with Crippen molar-refractivity contribution in [3.05, 3.63) is 23.3 Å². The van der Waals surface area contributed by atoms with E-state index in [4.69, 9.17) is 4.74 Å². The predicted molar refractivity (Wildman–Crippen MR) is 100.0 cm³/mol. The van der Waals surface area contributed by atoms with Crippen LogP contribution in [0.5, 0.6) is 0 Å². The van der Waals surface area contributed by atoms with Gasteiger partial charge in [-0.2, -0.15) is 0 Å². The fourth-order valence-corrected chi connectivity index (χ4v) is 4.58. The molecule has 8 nitrogen and oxygen atoms in total. The Bertz CT molecular complexity index is 824. The maximum absolute atomic E-state index is 5.84. The number of aryl methyl sites for hydroxylation is 1. The maximum Gasteiger partial charge on any atom is 0.192 e. The zero-order valence-electron chi connectivity index (χ0n) is 14.6. The molecule has 138 valence electrons. The van der Waals surface area contributed by atoms with Crippen LogP contribution in [-0.4, -0.2) is 47.7 Å². The highest BCUT2D eigenvalue weighted by molar-refractivity contribution is 7.98. The summed E-state index contributed by atoms with van der Waals surface area (Å²) in [5, 5.41) is 23.8. The molecule has 0 aromatic carbocycles. The van der Waals surface area contributed by atoms with Gasteiger partial charge in [-0.25, -0.2) is 4.68 Å². The molecule has 0 bridgehead atoms. The Balaban J connectivity index is 1.55. The van der Waals surface area contributed by atoms with Crippen molar-refractivity contribution in [2.45, 2.75) is 56.3 Å². The summed E-state index contributed by atoms with van der Waals surface area (Å²) in [6, 6.07) is 4.12. The second-order valence-electron chi connectivity index (χ2n) is 6.14. The third-order valence-corrected chi connectivity index (χ3v) is 6.07. The van der Waals surface area contributed by atoms with Crippen LogP contribution in [0.25, 0.3) is 10.7 Å². The number of thiophene rings is 1. The lowest BCUT2D eigenvalue weighted by molar-refractivity contribution is 0.0953. The molecule has 0 amide bonds. The van der Waals surface area contributed by atoms with Crippen LogP contribution in [0.1, 0.15) is 32.0 Å². The van der Waals surface area contributed by atoms with Crippen molar-refractivity contribution < 1.29 is 4.74 Å². The largest absolute Gasteiger partial charge is 0.376 e. The molecule has 0 saturated carbocycles. The fourth-order valence-electron chi connectivity index (χ4n) is 2.98. The summed E-state index contributed by atoms with van der Waals surface area (Å²) in [7, 11) is 0. The molecule has 1 atom stereocenters. The maximum atomic E-state index is 5.84. The van der Waals surface area contributed by atoms with Crippen LogP contribution in [-0.2, 0) is 23.6 Å². The lowest BCUT2D eigenvalue weighted by Gasteiger charge is -2.14. The monoisotopic (exact) mass is 391 g/mol. The van der Waals surface area contributed by atoms with Crippen molar-refractivity contribution in [2.24, 2.45) is 0 Å². The van der Waals surface area contributed by atoms with E-state index in [1.54, 1.807) is 23.1 Å². The van der Waals surface area contributed by atoms with E-state index in [9.17, 15) is 0 Å². The molecule has 0 radical (unpaired) electrons. The zero-order chi connectivity index (χ0) is 17.8. The molecule has 0 spiro atoms. The van der Waals surface area contributed by atoms with Crippen molar-refractivity contribution >= 4 is 23.1 Å². The average Bonchev–Trinajstić information content (AvgIpc) is 3.43. The Kier molecular flexibility index (Phi) is 5.61. The molecule has 1 aliphatic rings. The molecular weight excluding hydrogens is 370 g/mol. The van der Waals surface area contributed by atoms with Crippen LogP contribution >= 0.6 is 23.1 Å². The number of ether oxygens (including phenoxy) is 1. The minimum Gasteiger partial charge on any atom is -0.376 e. The smallest absolute Gasteiger partial charge is 0.192 e. The molecule has 4 rings (SSSR count). The summed E-state index contributed by atoms with van der Waals surface area (Å²) in [5.41, 5.74) is 0. The molecule has 1 unspecified atom stereocenters. The van der Waals surface area contributed by atoms with Crippen molar-refractivity contribution in [1.82, 2.24) is 35.0 Å². The SMILES string of the molecule is CCCn1nnnc1CSc1nnc(-c2cccs2)n1CC1CCCO1. The first kappa shape index (κ1) is 17.6. The lowest BCUT2D eigenvalue weighted by Crippen LogP contribution is -2.16. The summed E-state index contributed by atoms with van der Waals surface area (Å²) in [6.07, 6.45) is 3.44. The number of thioether (sulfide) groups is 1. The van der Waals surface area contributed by atoms with E-state index < -0.39 is 0 Å². The number of tetrazole rings is 1. The molecule has 0 aliphatic carbocycles. The number of hydrogen-bond donors (Lipinski definition) is 0. The standard InChI is InChI=1S/C16H21N7OS2/c1-2-7-23-14(17-20-21-23)11-26-16-19-18-15(13-6-4-9-25-13)22(16)10-12-5-3-8-24-12/h4,6,9,12H,2-3,5,7-8,10-11H2,1H3. The van der Waals surface area contributed by atoms with Gasteiger partial charge in [-0.15, -0.1) is 26.6 Å². The lowest BCUT2D eigenvalue weighted by atomic mass is 10.2. The Morgan fingerprint density at radius 1 is 1.35 bits per heavy atom. The summed E-state index contributed by atoms with van der Waals surface area (Å²) < 4.78 is 9.87. The van der Waals surface area contributed by atoms with Crippen molar-refractivity contribution in [1.29, 1.82) is 0 Å². The summed E-state index contributed by atoms with van der Waals surface area (Å²) in [5.74, 6) is 2.44. The van der Waals surface area contributed by atoms with Gasteiger partial charge in [0.15, 0.2) is 16.8 Å². The fraction of sp³-hybridized carbons (Fsp3) is 0.562. The zero-order valence-corrected chi connectivity index (χ0v) is 16.2. The van der Waals surface area contributed by atoms with E-state index in [1.807, 2.05) is 10.7 Å². The van der Waals surface area contributed by atoms with Crippen LogP contribution in [0.4, 0.5) is 0 Å². The number of hydrogen-bond acceptors (Lipinski definition) is 8. The summed E-state index contributed by atoms with van der Waals surface area (Å²) in [4.78, 5) is 1.12. The second kappa shape index (κ2) is 8.28. The van der Waals surface area contributed by atoms with Crippen molar-refractivity contribution in [3.8, 4) is 10.7 Å².